The summed E-state index contributed by atoms with van der Waals surface area (Å²) in [6.07, 6.45) is 0. The van der Waals surface area contributed by atoms with Crippen LogP contribution in [0.15, 0.2) is 42.5 Å². The molecule has 2 aromatic rings. The number of hydrogen-bond acceptors (Lipinski definition) is 7. The predicted octanol–water partition coefficient (Wildman–Crippen LogP) is 1.92. The molecular weight excluding hydrogens is 350 g/mol. The number of ether oxygens (including phenoxy) is 3. The number of benzene rings is 2. The molecule has 0 saturated heterocycles. The molecular formula is C20H23NO6. The number of nitrogens with one attached hydrogen (secondary N) is 1. The van der Waals surface area contributed by atoms with Gasteiger partial charge in [0.1, 0.15) is 12.4 Å². The lowest BCUT2D eigenvalue weighted by Crippen LogP contribution is -2.20. The molecule has 0 spiro atoms. The molecule has 0 radical (unpaired) electrons. The Hall–Kier alpha value is -2.90. The second-order valence-corrected chi connectivity index (χ2v) is 5.66. The zero-order chi connectivity index (χ0) is 19.6. The third-order valence-corrected chi connectivity index (χ3v) is 3.85. The topological polar surface area (TPSA) is 94.1 Å². The summed E-state index contributed by atoms with van der Waals surface area (Å²) < 4.78 is 15.4. The molecule has 0 aliphatic rings. The van der Waals surface area contributed by atoms with Gasteiger partial charge in [0.05, 0.1) is 32.0 Å². The maximum atomic E-state index is 12.1. The number of carbonyl (C=O) groups is 2. The van der Waals surface area contributed by atoms with Crippen LogP contribution < -0.4 is 10.1 Å². The van der Waals surface area contributed by atoms with E-state index < -0.39 is 11.9 Å². The summed E-state index contributed by atoms with van der Waals surface area (Å²) in [6.45, 7) is 0.997. The Morgan fingerprint density at radius 1 is 1.00 bits per heavy atom. The average molecular weight is 373 g/mol. The molecule has 144 valence electrons. The molecule has 0 amide bonds. The third-order valence-electron chi connectivity index (χ3n) is 3.85. The minimum absolute atomic E-state index is 0.0235. The molecule has 0 aromatic heterocycles. The van der Waals surface area contributed by atoms with Crippen molar-refractivity contribution >= 4 is 11.9 Å². The molecule has 0 saturated carbocycles. The van der Waals surface area contributed by atoms with Crippen molar-refractivity contribution in [1.82, 2.24) is 5.32 Å². The second-order valence-electron chi connectivity index (χ2n) is 5.66. The highest BCUT2D eigenvalue weighted by Crippen LogP contribution is 2.26. The van der Waals surface area contributed by atoms with E-state index in [-0.39, 0.29) is 17.7 Å². The van der Waals surface area contributed by atoms with Gasteiger partial charge in [-0.05, 0) is 17.7 Å². The van der Waals surface area contributed by atoms with Gasteiger partial charge in [-0.3, -0.25) is 0 Å². The van der Waals surface area contributed by atoms with Crippen LogP contribution in [0, 0.1) is 0 Å². The fourth-order valence-corrected chi connectivity index (χ4v) is 2.49. The molecule has 0 bridgehead atoms. The fraction of sp³-hybridized carbons (Fsp3) is 0.300. The Balaban J connectivity index is 2.39. The van der Waals surface area contributed by atoms with E-state index in [1.807, 2.05) is 30.3 Å². The lowest BCUT2D eigenvalue weighted by atomic mass is 10.0. The normalized spacial score (nSPS) is 10.3. The van der Waals surface area contributed by atoms with Gasteiger partial charge in [0.25, 0.3) is 0 Å². The van der Waals surface area contributed by atoms with Crippen LogP contribution in [-0.4, -0.2) is 44.4 Å². The number of aliphatic hydroxyl groups is 1. The molecule has 0 heterocycles. The van der Waals surface area contributed by atoms with Crippen molar-refractivity contribution in [3.05, 3.63) is 64.7 Å². The molecule has 0 aliphatic heterocycles. The van der Waals surface area contributed by atoms with Crippen molar-refractivity contribution in [3.8, 4) is 5.75 Å². The van der Waals surface area contributed by atoms with Crippen LogP contribution in [0.5, 0.6) is 5.75 Å². The molecule has 7 nitrogen and oxygen atoms in total. The zero-order valence-corrected chi connectivity index (χ0v) is 15.4. The highest BCUT2D eigenvalue weighted by Gasteiger charge is 2.22. The van der Waals surface area contributed by atoms with Gasteiger partial charge in [-0.1, -0.05) is 30.3 Å². The maximum Gasteiger partial charge on any atom is 0.338 e. The van der Waals surface area contributed by atoms with Crippen molar-refractivity contribution in [2.24, 2.45) is 0 Å². The first-order chi connectivity index (χ1) is 13.1. The van der Waals surface area contributed by atoms with Crippen LogP contribution >= 0.6 is 0 Å². The van der Waals surface area contributed by atoms with E-state index in [0.717, 1.165) is 5.56 Å². The fourth-order valence-electron chi connectivity index (χ4n) is 2.49. The van der Waals surface area contributed by atoms with Gasteiger partial charge >= 0.3 is 11.9 Å². The summed E-state index contributed by atoms with van der Waals surface area (Å²) >= 11 is 0. The van der Waals surface area contributed by atoms with Crippen molar-refractivity contribution in [1.29, 1.82) is 0 Å². The molecule has 0 fully saturated rings. The summed E-state index contributed by atoms with van der Waals surface area (Å²) in [5.41, 5.74) is 1.78. The summed E-state index contributed by atoms with van der Waals surface area (Å²) in [4.78, 5) is 24.2. The quantitative estimate of drug-likeness (QED) is 0.512. The molecule has 0 unspecified atom stereocenters. The van der Waals surface area contributed by atoms with E-state index in [4.69, 9.17) is 19.3 Å². The van der Waals surface area contributed by atoms with Gasteiger partial charge in [0.2, 0.25) is 0 Å². The Morgan fingerprint density at radius 2 is 1.63 bits per heavy atom. The largest absolute Gasteiger partial charge is 0.489 e. The predicted molar refractivity (Wildman–Crippen MR) is 98.7 cm³/mol. The third kappa shape index (κ3) is 5.54. The van der Waals surface area contributed by atoms with Crippen LogP contribution in [0.4, 0.5) is 0 Å². The molecule has 0 atom stereocenters. The van der Waals surface area contributed by atoms with Gasteiger partial charge in [0, 0.05) is 18.7 Å². The highest BCUT2D eigenvalue weighted by molar-refractivity contribution is 6.03. The Morgan fingerprint density at radius 3 is 2.22 bits per heavy atom. The second kappa shape index (κ2) is 10.3. The molecule has 7 heteroatoms. The molecule has 27 heavy (non-hydrogen) atoms. The first-order valence-electron chi connectivity index (χ1n) is 8.42. The molecule has 2 aromatic carbocycles. The number of carbonyl (C=O) groups excluding carboxylic acids is 2. The Kier molecular flexibility index (Phi) is 7.79. The van der Waals surface area contributed by atoms with E-state index in [1.165, 1.54) is 20.3 Å². The van der Waals surface area contributed by atoms with Crippen molar-refractivity contribution < 1.29 is 28.9 Å². The first-order valence-corrected chi connectivity index (χ1v) is 8.42. The van der Waals surface area contributed by atoms with Gasteiger partial charge < -0.3 is 24.6 Å². The van der Waals surface area contributed by atoms with E-state index in [0.29, 0.717) is 31.0 Å². The average Bonchev–Trinajstić information content (AvgIpc) is 2.72. The van der Waals surface area contributed by atoms with Gasteiger partial charge in [0.15, 0.2) is 0 Å². The Labute approximate surface area is 157 Å². The SMILES string of the molecule is COC(=O)c1cc(CNCCO)c(OCc2ccccc2)cc1C(=O)OC. The molecule has 2 rings (SSSR count). The van der Waals surface area contributed by atoms with E-state index in [9.17, 15) is 9.59 Å². The molecule has 0 aliphatic carbocycles. The van der Waals surface area contributed by atoms with Crippen LogP contribution in [0.3, 0.4) is 0 Å². The summed E-state index contributed by atoms with van der Waals surface area (Å²) in [7, 11) is 2.48. The number of aliphatic hydroxyl groups excluding tert-OH is 1. The van der Waals surface area contributed by atoms with Crippen LogP contribution in [0.2, 0.25) is 0 Å². The maximum absolute atomic E-state index is 12.1. The Bertz CT molecular complexity index is 776. The number of rotatable bonds is 9. The van der Waals surface area contributed by atoms with Crippen LogP contribution in [0.1, 0.15) is 31.8 Å². The number of esters is 2. The summed E-state index contributed by atoms with van der Waals surface area (Å²) in [5.74, 6) is -0.861. The number of methoxy groups -OCH3 is 2. The van der Waals surface area contributed by atoms with Gasteiger partial charge in [-0.15, -0.1) is 0 Å². The van der Waals surface area contributed by atoms with E-state index in [2.05, 4.69) is 5.32 Å². The summed E-state index contributed by atoms with van der Waals surface area (Å²) in [6, 6.07) is 12.6. The van der Waals surface area contributed by atoms with Gasteiger partial charge in [-0.25, -0.2) is 9.59 Å². The smallest absolute Gasteiger partial charge is 0.338 e. The van der Waals surface area contributed by atoms with Crippen molar-refractivity contribution in [2.75, 3.05) is 27.4 Å². The minimum Gasteiger partial charge on any atom is -0.489 e. The van der Waals surface area contributed by atoms with Crippen molar-refractivity contribution in [3.63, 3.8) is 0 Å². The monoisotopic (exact) mass is 373 g/mol. The van der Waals surface area contributed by atoms with Crippen LogP contribution in [-0.2, 0) is 22.6 Å². The van der Waals surface area contributed by atoms with Crippen molar-refractivity contribution in [2.45, 2.75) is 13.2 Å². The van der Waals surface area contributed by atoms with E-state index >= 15 is 0 Å². The van der Waals surface area contributed by atoms with Crippen LogP contribution in [0.25, 0.3) is 0 Å². The first kappa shape index (κ1) is 20.4. The highest BCUT2D eigenvalue weighted by atomic mass is 16.5. The standard InChI is InChI=1S/C20H23NO6/c1-25-19(23)16-10-15(12-21-8-9-22)18(11-17(16)20(24)26-2)27-13-14-6-4-3-5-7-14/h3-7,10-11,21-22H,8-9,12-13H2,1-2H3. The zero-order valence-electron chi connectivity index (χ0n) is 15.4. The molecule has 2 N–H and O–H groups in total. The lowest BCUT2D eigenvalue weighted by Gasteiger charge is -2.16. The van der Waals surface area contributed by atoms with Gasteiger partial charge in [-0.2, -0.15) is 0 Å². The minimum atomic E-state index is -0.658. The number of hydrogen-bond donors (Lipinski definition) is 2. The lowest BCUT2D eigenvalue weighted by molar-refractivity contribution is 0.0554. The summed E-state index contributed by atoms with van der Waals surface area (Å²) in [5, 5.41) is 12.0. The van der Waals surface area contributed by atoms with E-state index in [1.54, 1.807) is 6.07 Å².